The van der Waals surface area contributed by atoms with Gasteiger partial charge in [-0.05, 0) is 31.5 Å². The van der Waals surface area contributed by atoms with Crippen LogP contribution in [0.1, 0.15) is 20.3 Å². The van der Waals surface area contributed by atoms with Crippen molar-refractivity contribution < 1.29 is 4.74 Å². The maximum absolute atomic E-state index is 6.19. The average molecular weight is 326 g/mol. The summed E-state index contributed by atoms with van der Waals surface area (Å²) in [5, 5.41) is 1.08. The summed E-state index contributed by atoms with van der Waals surface area (Å²) in [6.07, 6.45) is 5.99. The third-order valence-electron chi connectivity index (χ3n) is 2.85. The molecule has 0 fully saturated rings. The van der Waals surface area contributed by atoms with Crippen LogP contribution in [-0.2, 0) is 4.74 Å². The van der Waals surface area contributed by atoms with Crippen molar-refractivity contribution in [3.63, 3.8) is 0 Å². The number of halogens is 2. The van der Waals surface area contributed by atoms with Gasteiger partial charge < -0.3 is 4.74 Å². The van der Waals surface area contributed by atoms with Crippen molar-refractivity contribution in [2.75, 3.05) is 6.61 Å². The molecule has 0 radical (unpaired) electrons. The van der Waals surface area contributed by atoms with Gasteiger partial charge in [0, 0.05) is 24.0 Å². The highest BCUT2D eigenvalue weighted by Gasteiger charge is 2.14. The van der Waals surface area contributed by atoms with Gasteiger partial charge in [0.25, 0.3) is 0 Å². The Hall–Kier alpha value is -1.36. The number of hydrogen-bond donors (Lipinski definition) is 0. The van der Waals surface area contributed by atoms with Gasteiger partial charge in [0.1, 0.15) is 18.3 Å². The van der Waals surface area contributed by atoms with Gasteiger partial charge in [-0.25, -0.2) is 9.98 Å². The third-order valence-corrected chi connectivity index (χ3v) is 3.39. The summed E-state index contributed by atoms with van der Waals surface area (Å²) in [7, 11) is 0. The Bertz CT molecular complexity index is 611. The van der Waals surface area contributed by atoms with Gasteiger partial charge in [-0.3, -0.25) is 4.57 Å². The Kier molecular flexibility index (Phi) is 5.79. The number of ether oxygens (including phenoxy) is 1. The van der Waals surface area contributed by atoms with E-state index >= 15 is 0 Å². The van der Waals surface area contributed by atoms with Crippen molar-refractivity contribution in [2.24, 2.45) is 4.99 Å². The van der Waals surface area contributed by atoms with Crippen LogP contribution in [0.15, 0.2) is 41.9 Å². The molecule has 2 rings (SSSR count). The van der Waals surface area contributed by atoms with Crippen molar-refractivity contribution in [1.82, 2.24) is 9.55 Å². The first-order valence-corrected chi connectivity index (χ1v) is 7.51. The fourth-order valence-electron chi connectivity index (χ4n) is 1.82. The Labute approximate surface area is 134 Å². The minimum Gasteiger partial charge on any atom is -0.371 e. The van der Waals surface area contributed by atoms with Crippen LogP contribution in [0.5, 0.6) is 0 Å². The van der Waals surface area contributed by atoms with E-state index in [1.807, 2.05) is 17.7 Å². The first-order valence-electron chi connectivity index (χ1n) is 6.75. The van der Waals surface area contributed by atoms with Crippen molar-refractivity contribution in [3.8, 4) is 0 Å². The Morgan fingerprint density at radius 1 is 1.43 bits per heavy atom. The molecule has 2 aromatic rings. The van der Waals surface area contributed by atoms with Crippen LogP contribution in [0.2, 0.25) is 10.0 Å². The highest BCUT2D eigenvalue weighted by Crippen LogP contribution is 2.28. The molecule has 1 unspecified atom stereocenters. The van der Waals surface area contributed by atoms with Crippen molar-refractivity contribution in [3.05, 3.63) is 47.0 Å². The van der Waals surface area contributed by atoms with Gasteiger partial charge in [0.2, 0.25) is 0 Å². The van der Waals surface area contributed by atoms with E-state index in [0.717, 1.165) is 12.3 Å². The van der Waals surface area contributed by atoms with E-state index in [-0.39, 0.29) is 6.10 Å². The fraction of sp³-hybridized carbons (Fsp3) is 0.333. The smallest absolute Gasteiger partial charge is 0.143 e. The van der Waals surface area contributed by atoms with Crippen LogP contribution in [0.4, 0.5) is 5.69 Å². The zero-order valence-corrected chi connectivity index (χ0v) is 13.5. The van der Waals surface area contributed by atoms with Gasteiger partial charge in [-0.1, -0.05) is 30.1 Å². The van der Waals surface area contributed by atoms with E-state index in [9.17, 15) is 0 Å². The van der Waals surface area contributed by atoms with E-state index in [1.54, 1.807) is 30.7 Å². The molecule has 0 aliphatic carbocycles. The van der Waals surface area contributed by atoms with Crippen molar-refractivity contribution >= 4 is 34.7 Å². The Morgan fingerprint density at radius 3 is 2.86 bits per heavy atom. The lowest BCUT2D eigenvalue weighted by Crippen LogP contribution is -2.27. The molecule has 0 aliphatic heterocycles. The van der Waals surface area contributed by atoms with Gasteiger partial charge in [0.05, 0.1) is 10.7 Å². The molecule has 1 aromatic carbocycles. The molecule has 1 aromatic heterocycles. The second-order valence-electron chi connectivity index (χ2n) is 4.55. The maximum Gasteiger partial charge on any atom is 0.143 e. The van der Waals surface area contributed by atoms with Gasteiger partial charge in [0.15, 0.2) is 0 Å². The highest BCUT2D eigenvalue weighted by atomic mass is 35.5. The highest BCUT2D eigenvalue weighted by molar-refractivity contribution is 6.36. The molecule has 6 heteroatoms. The number of hydrogen-bond acceptors (Lipinski definition) is 3. The number of aliphatic imine (C=N–C) groups is 1. The predicted molar refractivity (Wildman–Crippen MR) is 86.9 cm³/mol. The molecule has 4 nitrogen and oxygen atoms in total. The number of benzene rings is 1. The summed E-state index contributed by atoms with van der Waals surface area (Å²) < 4.78 is 7.59. The summed E-state index contributed by atoms with van der Waals surface area (Å²) in [4.78, 5) is 8.67. The zero-order chi connectivity index (χ0) is 15.2. The first kappa shape index (κ1) is 16.0. The van der Waals surface area contributed by atoms with Gasteiger partial charge >= 0.3 is 0 Å². The van der Waals surface area contributed by atoms with Crippen LogP contribution in [0, 0.1) is 0 Å². The molecular weight excluding hydrogens is 309 g/mol. The second kappa shape index (κ2) is 7.59. The average Bonchev–Trinajstić information content (AvgIpc) is 2.98. The van der Waals surface area contributed by atoms with E-state index in [4.69, 9.17) is 27.9 Å². The molecule has 0 amide bonds. The molecule has 21 heavy (non-hydrogen) atoms. The molecular formula is C15H17Cl2N3O. The summed E-state index contributed by atoms with van der Waals surface area (Å²) >= 11 is 12.1. The molecule has 0 saturated heterocycles. The first-order chi connectivity index (χ1) is 10.1. The summed E-state index contributed by atoms with van der Waals surface area (Å²) in [6.45, 7) is 4.69. The Morgan fingerprint density at radius 2 is 2.24 bits per heavy atom. The maximum atomic E-state index is 6.19. The van der Waals surface area contributed by atoms with Gasteiger partial charge in [-0.15, -0.1) is 0 Å². The summed E-state index contributed by atoms with van der Waals surface area (Å²) in [5.74, 6) is 0.727. The van der Waals surface area contributed by atoms with Crippen LogP contribution >= 0.6 is 23.2 Å². The van der Waals surface area contributed by atoms with Crippen LogP contribution < -0.4 is 0 Å². The van der Waals surface area contributed by atoms with E-state index < -0.39 is 0 Å². The monoisotopic (exact) mass is 325 g/mol. The largest absolute Gasteiger partial charge is 0.371 e. The molecule has 1 atom stereocenters. The van der Waals surface area contributed by atoms with Crippen LogP contribution in [-0.4, -0.2) is 28.1 Å². The predicted octanol–water partition coefficient (Wildman–Crippen LogP) is 4.58. The number of imidazole rings is 1. The van der Waals surface area contributed by atoms with E-state index in [0.29, 0.717) is 22.3 Å². The van der Waals surface area contributed by atoms with Crippen molar-refractivity contribution in [1.29, 1.82) is 0 Å². The molecule has 0 aliphatic rings. The lowest BCUT2D eigenvalue weighted by atomic mass is 10.3. The topological polar surface area (TPSA) is 39.4 Å². The normalized spacial score (nSPS) is 13.4. The van der Waals surface area contributed by atoms with Crippen LogP contribution in [0.25, 0.3) is 0 Å². The minimum atomic E-state index is -0.175. The third kappa shape index (κ3) is 4.30. The van der Waals surface area contributed by atoms with Crippen LogP contribution in [0.3, 0.4) is 0 Å². The lowest BCUT2D eigenvalue weighted by Gasteiger charge is -2.16. The van der Waals surface area contributed by atoms with E-state index in [2.05, 4.69) is 16.9 Å². The van der Waals surface area contributed by atoms with Crippen molar-refractivity contribution in [2.45, 2.75) is 26.4 Å². The Balaban J connectivity index is 2.36. The zero-order valence-electron chi connectivity index (χ0n) is 12.0. The standard InChI is InChI=1S/C15H17Cl2N3O/c1-3-8-21-11(2)15(20-7-6-18-10-20)19-14-5-4-12(16)9-13(14)17/h4-7,9-11H,3,8H2,1-2H3/b19-15+. The molecule has 0 N–H and O–H groups in total. The quantitative estimate of drug-likeness (QED) is 0.596. The summed E-state index contributed by atoms with van der Waals surface area (Å²) in [6, 6.07) is 5.22. The fourth-order valence-corrected chi connectivity index (χ4v) is 2.27. The molecule has 112 valence electrons. The minimum absolute atomic E-state index is 0.175. The SMILES string of the molecule is CCCOC(C)/C(=N\c1ccc(Cl)cc1Cl)n1ccnc1. The molecule has 1 heterocycles. The van der Waals surface area contributed by atoms with Gasteiger partial charge in [-0.2, -0.15) is 0 Å². The number of aromatic nitrogens is 2. The summed E-state index contributed by atoms with van der Waals surface area (Å²) in [5.41, 5.74) is 0.650. The number of rotatable bonds is 5. The molecule has 0 spiro atoms. The molecule has 0 saturated carbocycles. The molecule has 0 bridgehead atoms. The second-order valence-corrected chi connectivity index (χ2v) is 5.39. The van der Waals surface area contributed by atoms with E-state index in [1.165, 1.54) is 0 Å². The lowest BCUT2D eigenvalue weighted by molar-refractivity contribution is 0.108. The number of nitrogens with zero attached hydrogens (tertiary/aromatic N) is 3.